The number of amides is 2. The first-order valence-electron chi connectivity index (χ1n) is 8.88. The highest BCUT2D eigenvalue weighted by molar-refractivity contribution is 5.96. The Labute approximate surface area is 167 Å². The molecule has 0 fully saturated rings. The van der Waals surface area contributed by atoms with Crippen LogP contribution in [0, 0.1) is 17.0 Å². The van der Waals surface area contributed by atoms with Gasteiger partial charge in [0.25, 0.3) is 11.6 Å². The highest BCUT2D eigenvalue weighted by atomic mass is 16.6. The monoisotopic (exact) mass is 399 g/mol. The molecule has 2 amide bonds. The molecule has 0 heterocycles. The van der Waals surface area contributed by atoms with E-state index in [1.807, 2.05) is 19.1 Å². The number of esters is 1. The molecule has 0 unspecified atom stereocenters. The molecule has 9 nitrogen and oxygen atoms in total. The molecule has 0 aliphatic heterocycles. The number of nitro benzene ring substituents is 1. The van der Waals surface area contributed by atoms with Gasteiger partial charge in [-0.05, 0) is 31.0 Å². The molecule has 0 radical (unpaired) electrons. The van der Waals surface area contributed by atoms with E-state index in [1.165, 1.54) is 12.1 Å². The molecule has 0 saturated heterocycles. The van der Waals surface area contributed by atoms with Crippen molar-refractivity contribution in [2.75, 3.05) is 18.5 Å². The first-order chi connectivity index (χ1) is 13.8. The van der Waals surface area contributed by atoms with Crippen molar-refractivity contribution >= 4 is 29.2 Å². The van der Waals surface area contributed by atoms with Crippen molar-refractivity contribution in [1.29, 1.82) is 0 Å². The number of aryl methyl sites for hydroxylation is 2. The van der Waals surface area contributed by atoms with Gasteiger partial charge < -0.3 is 15.4 Å². The number of nitro groups is 1. The van der Waals surface area contributed by atoms with E-state index in [0.717, 1.165) is 18.1 Å². The summed E-state index contributed by atoms with van der Waals surface area (Å²) in [5.74, 6) is -1.96. The first-order valence-corrected chi connectivity index (χ1v) is 8.88. The lowest BCUT2D eigenvalue weighted by molar-refractivity contribution is -0.385. The van der Waals surface area contributed by atoms with Crippen molar-refractivity contribution in [3.63, 3.8) is 0 Å². The van der Waals surface area contributed by atoms with Crippen LogP contribution >= 0.6 is 0 Å². The second-order valence-electron chi connectivity index (χ2n) is 6.17. The van der Waals surface area contributed by atoms with Gasteiger partial charge in [-0.3, -0.25) is 19.7 Å². The normalized spacial score (nSPS) is 10.1. The van der Waals surface area contributed by atoms with Crippen molar-refractivity contribution in [1.82, 2.24) is 5.32 Å². The van der Waals surface area contributed by atoms with E-state index in [2.05, 4.69) is 10.6 Å². The lowest BCUT2D eigenvalue weighted by Gasteiger charge is -2.10. The van der Waals surface area contributed by atoms with Crippen LogP contribution in [0.4, 0.5) is 11.4 Å². The molecule has 2 N–H and O–H groups in total. The molecular weight excluding hydrogens is 378 g/mol. The Morgan fingerprint density at radius 3 is 2.52 bits per heavy atom. The van der Waals surface area contributed by atoms with Crippen LogP contribution in [0.3, 0.4) is 0 Å². The van der Waals surface area contributed by atoms with Crippen molar-refractivity contribution in [3.05, 3.63) is 69.3 Å². The van der Waals surface area contributed by atoms with Crippen LogP contribution in [0.1, 0.15) is 28.4 Å². The number of benzene rings is 2. The van der Waals surface area contributed by atoms with Gasteiger partial charge >= 0.3 is 5.97 Å². The summed E-state index contributed by atoms with van der Waals surface area (Å²) in [6, 6.07) is 11.2. The lowest BCUT2D eigenvalue weighted by atomic mass is 10.1. The number of nitrogens with zero attached hydrogens (tertiary/aromatic N) is 1. The SMILES string of the molecule is CCc1ccccc1NC(=O)CNC(=O)COC(=O)c1ccc(C)c([N+](=O)[O-])c1. The summed E-state index contributed by atoms with van der Waals surface area (Å²) in [5, 5.41) is 16.0. The average molecular weight is 399 g/mol. The minimum absolute atomic E-state index is 0.0379. The fourth-order valence-corrected chi connectivity index (χ4v) is 2.52. The van der Waals surface area contributed by atoms with Gasteiger partial charge in [-0.25, -0.2) is 4.79 Å². The third-order valence-corrected chi connectivity index (χ3v) is 4.09. The van der Waals surface area contributed by atoms with Crippen molar-refractivity contribution < 1.29 is 24.0 Å². The number of carbonyl (C=O) groups is 3. The molecule has 29 heavy (non-hydrogen) atoms. The molecule has 9 heteroatoms. The first kappa shape index (κ1) is 21.5. The van der Waals surface area contributed by atoms with Crippen molar-refractivity contribution in [3.8, 4) is 0 Å². The van der Waals surface area contributed by atoms with Crippen LogP contribution < -0.4 is 10.6 Å². The van der Waals surface area contributed by atoms with Gasteiger partial charge in [-0.2, -0.15) is 0 Å². The number of rotatable bonds is 8. The van der Waals surface area contributed by atoms with Gasteiger partial charge in [0.2, 0.25) is 5.91 Å². The summed E-state index contributed by atoms with van der Waals surface area (Å²) >= 11 is 0. The summed E-state index contributed by atoms with van der Waals surface area (Å²) < 4.78 is 4.85. The second-order valence-corrected chi connectivity index (χ2v) is 6.17. The molecular formula is C20H21N3O6. The lowest BCUT2D eigenvalue weighted by Crippen LogP contribution is -2.35. The predicted octanol–water partition coefficient (Wildman–Crippen LogP) is 2.38. The van der Waals surface area contributed by atoms with Gasteiger partial charge in [0.1, 0.15) is 0 Å². The molecule has 0 aliphatic rings. The smallest absolute Gasteiger partial charge is 0.338 e. The molecule has 0 bridgehead atoms. The molecule has 0 saturated carbocycles. The fourth-order valence-electron chi connectivity index (χ4n) is 2.52. The van der Waals surface area contributed by atoms with Crippen LogP contribution in [-0.2, 0) is 20.7 Å². The van der Waals surface area contributed by atoms with Gasteiger partial charge in [-0.15, -0.1) is 0 Å². The van der Waals surface area contributed by atoms with E-state index in [0.29, 0.717) is 11.3 Å². The summed E-state index contributed by atoms with van der Waals surface area (Å²) in [7, 11) is 0. The van der Waals surface area contributed by atoms with E-state index in [-0.39, 0.29) is 17.8 Å². The zero-order valence-corrected chi connectivity index (χ0v) is 16.1. The maximum Gasteiger partial charge on any atom is 0.338 e. The van der Waals surface area contributed by atoms with E-state index in [9.17, 15) is 24.5 Å². The Morgan fingerprint density at radius 1 is 1.10 bits per heavy atom. The quantitative estimate of drug-likeness (QED) is 0.398. The summed E-state index contributed by atoms with van der Waals surface area (Å²) in [4.78, 5) is 46.1. The highest BCUT2D eigenvalue weighted by Crippen LogP contribution is 2.19. The number of hydrogen-bond acceptors (Lipinski definition) is 6. The molecule has 0 spiro atoms. The van der Waals surface area contributed by atoms with Crippen molar-refractivity contribution in [2.24, 2.45) is 0 Å². The molecule has 2 aromatic rings. The van der Waals surface area contributed by atoms with Gasteiger partial charge in [0, 0.05) is 17.3 Å². The van der Waals surface area contributed by atoms with E-state index in [4.69, 9.17) is 4.74 Å². The van der Waals surface area contributed by atoms with Gasteiger partial charge in [0.15, 0.2) is 6.61 Å². The largest absolute Gasteiger partial charge is 0.452 e. The Bertz CT molecular complexity index is 942. The molecule has 0 atom stereocenters. The van der Waals surface area contributed by atoms with Gasteiger partial charge in [-0.1, -0.05) is 31.2 Å². The second kappa shape index (κ2) is 9.98. The maximum absolute atomic E-state index is 12.0. The minimum atomic E-state index is -0.871. The average Bonchev–Trinajstić information content (AvgIpc) is 2.71. The number of carbonyl (C=O) groups excluding carboxylic acids is 3. The third-order valence-electron chi connectivity index (χ3n) is 4.09. The number of ether oxygens (including phenoxy) is 1. The van der Waals surface area contributed by atoms with E-state index >= 15 is 0 Å². The van der Waals surface area contributed by atoms with Crippen LogP contribution in [0.5, 0.6) is 0 Å². The zero-order valence-electron chi connectivity index (χ0n) is 16.1. The predicted molar refractivity (Wildman–Crippen MR) is 106 cm³/mol. The Kier molecular flexibility index (Phi) is 7.41. The van der Waals surface area contributed by atoms with Crippen LogP contribution in [0.15, 0.2) is 42.5 Å². The highest BCUT2D eigenvalue weighted by Gasteiger charge is 2.17. The molecule has 2 rings (SSSR count). The standard InChI is InChI=1S/C20H21N3O6/c1-3-14-6-4-5-7-16(14)22-18(24)11-21-19(25)12-29-20(26)15-9-8-13(2)17(10-15)23(27)28/h4-10H,3,11-12H2,1-2H3,(H,21,25)(H,22,24). The van der Waals surface area contributed by atoms with E-state index in [1.54, 1.807) is 19.1 Å². The Hall–Kier alpha value is -3.75. The number of hydrogen-bond donors (Lipinski definition) is 2. The van der Waals surface area contributed by atoms with E-state index < -0.39 is 29.3 Å². The Morgan fingerprint density at radius 2 is 1.83 bits per heavy atom. The number of para-hydroxylation sites is 1. The zero-order chi connectivity index (χ0) is 21.4. The topological polar surface area (TPSA) is 128 Å². The Balaban J connectivity index is 1.82. The summed E-state index contributed by atoms with van der Waals surface area (Å²) in [5.41, 5.74) is 1.78. The third kappa shape index (κ3) is 6.13. The van der Waals surface area contributed by atoms with Crippen LogP contribution in [-0.4, -0.2) is 35.9 Å². The molecule has 0 aromatic heterocycles. The maximum atomic E-state index is 12.0. The number of nitrogens with one attached hydrogen (secondary N) is 2. The van der Waals surface area contributed by atoms with Gasteiger partial charge in [0.05, 0.1) is 17.0 Å². The molecule has 2 aromatic carbocycles. The van der Waals surface area contributed by atoms with Crippen molar-refractivity contribution in [2.45, 2.75) is 20.3 Å². The summed E-state index contributed by atoms with van der Waals surface area (Å²) in [6.07, 6.45) is 0.746. The fraction of sp³-hybridized carbons (Fsp3) is 0.250. The summed E-state index contributed by atoms with van der Waals surface area (Å²) in [6.45, 7) is 2.61. The molecule has 0 aliphatic carbocycles. The van der Waals surface area contributed by atoms with Crippen LogP contribution in [0.2, 0.25) is 0 Å². The number of anilines is 1. The van der Waals surface area contributed by atoms with Crippen LogP contribution in [0.25, 0.3) is 0 Å². The molecule has 152 valence electrons. The minimum Gasteiger partial charge on any atom is -0.452 e.